The number of fused-ring (bicyclic) bond motifs is 1. The number of nitrogens with zero attached hydrogens (tertiary/aromatic N) is 1. The Morgan fingerprint density at radius 2 is 1.31 bits per heavy atom. The summed E-state index contributed by atoms with van der Waals surface area (Å²) in [6.07, 6.45) is 4.24. The van der Waals surface area contributed by atoms with Gasteiger partial charge in [-0.15, -0.1) is 0 Å². The van der Waals surface area contributed by atoms with E-state index in [4.69, 9.17) is 0 Å². The maximum atomic E-state index is 13.9. The van der Waals surface area contributed by atoms with Gasteiger partial charge in [-0.05, 0) is 86.3 Å². The number of rotatable bonds is 19. The van der Waals surface area contributed by atoms with Gasteiger partial charge >= 0.3 is 5.97 Å². The van der Waals surface area contributed by atoms with Crippen molar-refractivity contribution < 1.29 is 29.1 Å². The zero-order valence-corrected chi connectivity index (χ0v) is 28.6. The van der Waals surface area contributed by atoms with Gasteiger partial charge in [-0.1, -0.05) is 81.8 Å². The second kappa shape index (κ2) is 18.1. The van der Waals surface area contributed by atoms with E-state index in [1.54, 1.807) is 36.4 Å². The van der Waals surface area contributed by atoms with Crippen LogP contribution in [-0.2, 0) is 27.2 Å². The van der Waals surface area contributed by atoms with Crippen LogP contribution in [0.3, 0.4) is 0 Å². The second-order valence-electron chi connectivity index (χ2n) is 13.1. The standard InChI is InChI=1S/C39H48N4O6/c1-4-12-27-18-20-28(21-19-27)22-23-32(35(44)42-34(25-26(2)3)36(45)40-29-13-6-5-7-14-29)41-33(39(48)49)17-10-11-24-43-37(46)30-15-8-9-16-31(30)38(43)47/h5-9,13-16,18-21,26,32-34,41H,4,10-12,17,22-25H2,1-3H3,(H,40,45)(H,42,44)(H,48,49)/t32-,33+,34-/m0/s1. The van der Waals surface area contributed by atoms with Gasteiger partial charge in [0.05, 0.1) is 17.2 Å². The van der Waals surface area contributed by atoms with Crippen molar-refractivity contribution in [3.8, 4) is 0 Å². The van der Waals surface area contributed by atoms with Gasteiger partial charge in [0.1, 0.15) is 12.1 Å². The van der Waals surface area contributed by atoms with E-state index in [2.05, 4.69) is 35.0 Å². The van der Waals surface area contributed by atoms with Crippen molar-refractivity contribution in [2.45, 2.75) is 90.3 Å². The van der Waals surface area contributed by atoms with Crippen molar-refractivity contribution in [2.24, 2.45) is 5.92 Å². The highest BCUT2D eigenvalue weighted by Crippen LogP contribution is 2.23. The lowest BCUT2D eigenvalue weighted by Crippen LogP contribution is -2.55. The van der Waals surface area contributed by atoms with Crippen LogP contribution in [0.4, 0.5) is 5.69 Å². The molecule has 3 atom stereocenters. The Morgan fingerprint density at radius 3 is 1.88 bits per heavy atom. The summed E-state index contributed by atoms with van der Waals surface area (Å²) in [6, 6.07) is 21.1. The van der Waals surface area contributed by atoms with Crippen LogP contribution in [-0.4, -0.2) is 64.3 Å². The van der Waals surface area contributed by atoms with Gasteiger partial charge in [-0.2, -0.15) is 0 Å². The summed E-state index contributed by atoms with van der Waals surface area (Å²) in [7, 11) is 0. The number of para-hydroxylation sites is 1. The number of unbranched alkanes of at least 4 members (excludes halogenated alkanes) is 1. The largest absolute Gasteiger partial charge is 0.480 e. The van der Waals surface area contributed by atoms with Gasteiger partial charge in [0.2, 0.25) is 11.8 Å². The Morgan fingerprint density at radius 1 is 0.714 bits per heavy atom. The van der Waals surface area contributed by atoms with Crippen molar-refractivity contribution >= 4 is 35.3 Å². The van der Waals surface area contributed by atoms with Crippen LogP contribution in [0.15, 0.2) is 78.9 Å². The summed E-state index contributed by atoms with van der Waals surface area (Å²) in [5.74, 6) is -2.49. The van der Waals surface area contributed by atoms with Gasteiger partial charge in [-0.25, -0.2) is 0 Å². The normalized spacial score (nSPS) is 14.3. The molecule has 4 amide bonds. The molecule has 1 aliphatic heterocycles. The number of imide groups is 1. The molecule has 0 fully saturated rings. The number of carbonyl (C=O) groups is 5. The monoisotopic (exact) mass is 668 g/mol. The van der Waals surface area contributed by atoms with Crippen LogP contribution >= 0.6 is 0 Å². The van der Waals surface area contributed by atoms with Gasteiger partial charge in [-0.3, -0.25) is 34.2 Å². The fraction of sp³-hybridized carbons (Fsp3) is 0.410. The van der Waals surface area contributed by atoms with E-state index in [1.165, 1.54) is 10.5 Å². The number of benzene rings is 3. The zero-order chi connectivity index (χ0) is 35.3. The highest BCUT2D eigenvalue weighted by molar-refractivity contribution is 6.21. The van der Waals surface area contributed by atoms with Crippen molar-refractivity contribution in [1.82, 2.24) is 15.5 Å². The van der Waals surface area contributed by atoms with Crippen LogP contribution in [0.5, 0.6) is 0 Å². The Bertz CT molecular complexity index is 1560. The minimum absolute atomic E-state index is 0.105. The molecule has 49 heavy (non-hydrogen) atoms. The van der Waals surface area contributed by atoms with E-state index in [1.807, 2.05) is 44.2 Å². The van der Waals surface area contributed by atoms with E-state index in [9.17, 15) is 29.1 Å². The molecule has 1 heterocycles. The maximum absolute atomic E-state index is 13.9. The van der Waals surface area contributed by atoms with E-state index in [-0.39, 0.29) is 36.6 Å². The molecule has 10 nitrogen and oxygen atoms in total. The molecular formula is C39H48N4O6. The average molecular weight is 669 g/mol. The molecule has 0 aliphatic carbocycles. The molecule has 3 aromatic carbocycles. The quantitative estimate of drug-likeness (QED) is 0.0959. The summed E-state index contributed by atoms with van der Waals surface area (Å²) >= 11 is 0. The predicted octanol–water partition coefficient (Wildman–Crippen LogP) is 5.62. The van der Waals surface area contributed by atoms with E-state index in [0.717, 1.165) is 18.4 Å². The van der Waals surface area contributed by atoms with Crippen molar-refractivity contribution in [3.63, 3.8) is 0 Å². The first-order chi connectivity index (χ1) is 23.6. The molecule has 4 N–H and O–H groups in total. The summed E-state index contributed by atoms with van der Waals surface area (Å²) in [6.45, 7) is 6.23. The fourth-order valence-electron chi connectivity index (χ4n) is 6.07. The number of aryl methyl sites for hydroxylation is 2. The van der Waals surface area contributed by atoms with Gasteiger partial charge in [0, 0.05) is 12.2 Å². The molecule has 0 bridgehead atoms. The molecule has 0 radical (unpaired) electrons. The number of aliphatic carboxylic acids is 1. The highest BCUT2D eigenvalue weighted by atomic mass is 16.4. The lowest BCUT2D eigenvalue weighted by molar-refractivity contribution is -0.140. The lowest BCUT2D eigenvalue weighted by atomic mass is 9.99. The smallest absolute Gasteiger partial charge is 0.320 e. The fourth-order valence-corrected chi connectivity index (χ4v) is 6.07. The number of carboxylic acid groups (broad SMARTS) is 1. The third kappa shape index (κ3) is 10.6. The molecule has 4 rings (SSSR count). The molecule has 0 saturated heterocycles. The molecular weight excluding hydrogens is 620 g/mol. The summed E-state index contributed by atoms with van der Waals surface area (Å²) in [4.78, 5) is 66.3. The van der Waals surface area contributed by atoms with Gasteiger partial charge < -0.3 is 15.7 Å². The minimum atomic E-state index is -1.11. The molecule has 0 spiro atoms. The van der Waals surface area contributed by atoms with Crippen LogP contribution in [0.25, 0.3) is 0 Å². The summed E-state index contributed by atoms with van der Waals surface area (Å²) in [5, 5.41) is 19.0. The SMILES string of the molecule is CCCc1ccc(CC[C@H](N[C@H](CCCCN2C(=O)c3ccccc3C2=O)C(=O)O)C(=O)N[C@@H](CC(C)C)C(=O)Nc2ccccc2)cc1. The van der Waals surface area contributed by atoms with E-state index in [0.29, 0.717) is 48.9 Å². The lowest BCUT2D eigenvalue weighted by Gasteiger charge is -2.26. The third-order valence-electron chi connectivity index (χ3n) is 8.68. The van der Waals surface area contributed by atoms with Crippen LogP contribution in [0.1, 0.15) is 91.1 Å². The minimum Gasteiger partial charge on any atom is -0.480 e. The topological polar surface area (TPSA) is 145 Å². The number of hydrogen-bond acceptors (Lipinski definition) is 6. The first-order valence-electron chi connectivity index (χ1n) is 17.3. The maximum Gasteiger partial charge on any atom is 0.320 e. The molecule has 3 aromatic rings. The van der Waals surface area contributed by atoms with Gasteiger partial charge in [0.15, 0.2) is 0 Å². The number of carbonyl (C=O) groups excluding carboxylic acids is 4. The van der Waals surface area contributed by atoms with Crippen LogP contribution in [0, 0.1) is 5.92 Å². The first-order valence-corrected chi connectivity index (χ1v) is 17.3. The number of amides is 4. The summed E-state index contributed by atoms with van der Waals surface area (Å²) < 4.78 is 0. The Hall–Kier alpha value is -4.83. The molecule has 0 aromatic heterocycles. The Labute approximate surface area is 288 Å². The van der Waals surface area contributed by atoms with E-state index >= 15 is 0 Å². The Kier molecular flexibility index (Phi) is 13.6. The molecule has 260 valence electrons. The molecule has 0 unspecified atom stereocenters. The van der Waals surface area contributed by atoms with Crippen LogP contribution < -0.4 is 16.0 Å². The second-order valence-corrected chi connectivity index (χ2v) is 13.1. The van der Waals surface area contributed by atoms with Crippen molar-refractivity contribution in [3.05, 3.63) is 101 Å². The van der Waals surface area contributed by atoms with Crippen LogP contribution in [0.2, 0.25) is 0 Å². The molecule has 10 heteroatoms. The summed E-state index contributed by atoms with van der Waals surface area (Å²) in [5.41, 5.74) is 3.61. The van der Waals surface area contributed by atoms with E-state index < -0.39 is 30.0 Å². The predicted molar refractivity (Wildman–Crippen MR) is 189 cm³/mol. The highest BCUT2D eigenvalue weighted by Gasteiger charge is 2.35. The van der Waals surface area contributed by atoms with Crippen molar-refractivity contribution in [1.29, 1.82) is 0 Å². The van der Waals surface area contributed by atoms with Crippen molar-refractivity contribution in [2.75, 3.05) is 11.9 Å². The molecule has 1 aliphatic rings. The first kappa shape index (κ1) is 37.0. The average Bonchev–Trinajstić information content (AvgIpc) is 3.32. The number of carboxylic acids is 1. The Balaban J connectivity index is 1.43. The number of anilines is 1. The molecule has 0 saturated carbocycles. The number of hydrogen-bond donors (Lipinski definition) is 4. The van der Waals surface area contributed by atoms with Gasteiger partial charge in [0.25, 0.3) is 11.8 Å². The number of nitrogens with one attached hydrogen (secondary N) is 3. The zero-order valence-electron chi connectivity index (χ0n) is 28.6. The third-order valence-corrected chi connectivity index (χ3v) is 8.68.